The van der Waals surface area contributed by atoms with Crippen LogP contribution in [0, 0.1) is 0 Å². The second-order valence-electron chi connectivity index (χ2n) is 3.12. The van der Waals surface area contributed by atoms with Gasteiger partial charge in [-0.2, -0.15) is 0 Å². The van der Waals surface area contributed by atoms with E-state index in [0.717, 1.165) is 17.0 Å². The number of hydrogen-bond donors (Lipinski definition) is 2. The largest absolute Gasteiger partial charge is 0.388 e. The molecule has 0 unspecified atom stereocenters. The normalized spacial score (nSPS) is 11.1. The van der Waals surface area contributed by atoms with Crippen molar-refractivity contribution in [3.05, 3.63) is 29.8 Å². The third kappa shape index (κ3) is 2.71. The van der Waals surface area contributed by atoms with Crippen LogP contribution in [0.25, 0.3) is 0 Å². The molecule has 0 aliphatic rings. The summed E-state index contributed by atoms with van der Waals surface area (Å²) in [6.45, 7) is 0. The van der Waals surface area contributed by atoms with Gasteiger partial charge in [-0.15, -0.1) is 10.2 Å². The predicted molar refractivity (Wildman–Crippen MR) is 66.7 cm³/mol. The van der Waals surface area contributed by atoms with E-state index in [2.05, 4.69) is 20.2 Å². The molecule has 0 saturated heterocycles. The average molecular weight is 270 g/mol. The maximum absolute atomic E-state index is 11.9. The van der Waals surface area contributed by atoms with Crippen LogP contribution in [0.1, 0.15) is 0 Å². The molecule has 0 atom stereocenters. The van der Waals surface area contributed by atoms with E-state index in [1.54, 1.807) is 19.2 Å². The molecule has 6 nitrogen and oxygen atoms in total. The Bertz CT molecular complexity index is 578. The Morgan fingerprint density at radius 3 is 2.47 bits per heavy atom. The van der Waals surface area contributed by atoms with Crippen LogP contribution in [0.3, 0.4) is 0 Å². The molecule has 2 rings (SSSR count). The molecule has 0 bridgehead atoms. The number of aromatic nitrogens is 2. The van der Waals surface area contributed by atoms with Crippen LogP contribution in [0.15, 0.2) is 34.7 Å². The van der Waals surface area contributed by atoms with Crippen molar-refractivity contribution in [1.82, 2.24) is 10.2 Å². The van der Waals surface area contributed by atoms with E-state index in [4.69, 9.17) is 0 Å². The Balaban J connectivity index is 2.25. The number of nitrogens with zero attached hydrogens (tertiary/aromatic N) is 2. The molecule has 1 aromatic carbocycles. The number of anilines is 2. The van der Waals surface area contributed by atoms with E-state index in [0.29, 0.717) is 0 Å². The van der Waals surface area contributed by atoms with Gasteiger partial charge >= 0.3 is 0 Å². The highest BCUT2D eigenvalue weighted by Crippen LogP contribution is 2.18. The fourth-order valence-electron chi connectivity index (χ4n) is 1.19. The zero-order chi connectivity index (χ0) is 12.3. The fraction of sp³-hybridized carbons (Fsp3) is 0.111. The van der Waals surface area contributed by atoms with Gasteiger partial charge in [-0.3, -0.25) is 4.72 Å². The summed E-state index contributed by atoms with van der Waals surface area (Å²) in [5.41, 5.74) is 2.31. The van der Waals surface area contributed by atoms with Crippen molar-refractivity contribution < 1.29 is 8.42 Å². The molecule has 0 amide bonds. The predicted octanol–water partition coefficient (Wildman–Crippen LogP) is 1.38. The number of sulfonamides is 1. The minimum atomic E-state index is -3.58. The van der Waals surface area contributed by atoms with Gasteiger partial charge in [-0.25, -0.2) is 8.42 Å². The molecule has 17 heavy (non-hydrogen) atoms. The molecular weight excluding hydrogens is 260 g/mol. The van der Waals surface area contributed by atoms with Crippen molar-refractivity contribution in [2.75, 3.05) is 17.1 Å². The SMILES string of the molecule is CNc1ccc(S(=O)(=O)Nc2nncs2)cc1. The van der Waals surface area contributed by atoms with Crippen LogP contribution in [0.5, 0.6) is 0 Å². The van der Waals surface area contributed by atoms with Gasteiger partial charge in [0.1, 0.15) is 5.51 Å². The zero-order valence-electron chi connectivity index (χ0n) is 8.91. The van der Waals surface area contributed by atoms with Gasteiger partial charge in [0.2, 0.25) is 5.13 Å². The van der Waals surface area contributed by atoms with E-state index < -0.39 is 10.0 Å². The van der Waals surface area contributed by atoms with E-state index in [-0.39, 0.29) is 10.0 Å². The molecular formula is C9H10N4O2S2. The number of rotatable bonds is 4. The molecule has 1 heterocycles. The first kappa shape index (κ1) is 11.8. The van der Waals surface area contributed by atoms with Crippen molar-refractivity contribution in [1.29, 1.82) is 0 Å². The Kier molecular flexibility index (Phi) is 3.25. The second kappa shape index (κ2) is 4.68. The third-order valence-electron chi connectivity index (χ3n) is 2.04. The maximum Gasteiger partial charge on any atom is 0.263 e. The highest BCUT2D eigenvalue weighted by atomic mass is 32.2. The Morgan fingerprint density at radius 2 is 1.94 bits per heavy atom. The van der Waals surface area contributed by atoms with Crippen LogP contribution in [-0.2, 0) is 10.0 Å². The molecule has 0 saturated carbocycles. The number of nitrogens with one attached hydrogen (secondary N) is 2. The van der Waals surface area contributed by atoms with Gasteiger partial charge in [-0.1, -0.05) is 11.3 Å². The van der Waals surface area contributed by atoms with E-state index >= 15 is 0 Å². The summed E-state index contributed by atoms with van der Waals surface area (Å²) in [6, 6.07) is 6.42. The van der Waals surface area contributed by atoms with Gasteiger partial charge in [0.25, 0.3) is 10.0 Å². The highest BCUT2D eigenvalue weighted by molar-refractivity contribution is 7.93. The first-order chi connectivity index (χ1) is 8.12. The summed E-state index contributed by atoms with van der Waals surface area (Å²) in [5.74, 6) is 0. The van der Waals surface area contributed by atoms with Crippen LogP contribution in [0.2, 0.25) is 0 Å². The highest BCUT2D eigenvalue weighted by Gasteiger charge is 2.15. The lowest BCUT2D eigenvalue weighted by molar-refractivity contribution is 0.601. The van der Waals surface area contributed by atoms with E-state index in [1.807, 2.05) is 0 Å². The summed E-state index contributed by atoms with van der Waals surface area (Å²) in [7, 11) is -1.81. The quantitative estimate of drug-likeness (QED) is 0.877. The van der Waals surface area contributed by atoms with Crippen molar-refractivity contribution in [2.45, 2.75) is 4.90 Å². The second-order valence-corrected chi connectivity index (χ2v) is 5.64. The molecule has 0 aliphatic heterocycles. The van der Waals surface area contributed by atoms with E-state index in [1.165, 1.54) is 17.6 Å². The summed E-state index contributed by atoms with van der Waals surface area (Å²) < 4.78 is 26.2. The van der Waals surface area contributed by atoms with Crippen molar-refractivity contribution >= 4 is 32.2 Å². The number of hydrogen-bond acceptors (Lipinski definition) is 6. The Hall–Kier alpha value is -1.67. The third-order valence-corrected chi connectivity index (χ3v) is 4.13. The zero-order valence-corrected chi connectivity index (χ0v) is 10.5. The van der Waals surface area contributed by atoms with Crippen LogP contribution >= 0.6 is 11.3 Å². The topological polar surface area (TPSA) is 84.0 Å². The number of benzene rings is 1. The minimum absolute atomic E-state index is 0.187. The molecule has 2 N–H and O–H groups in total. The van der Waals surface area contributed by atoms with Crippen LogP contribution < -0.4 is 10.0 Å². The molecule has 1 aromatic heterocycles. The lowest BCUT2D eigenvalue weighted by Gasteiger charge is -2.05. The first-order valence-corrected chi connectivity index (χ1v) is 7.05. The molecule has 0 radical (unpaired) electrons. The molecule has 0 spiro atoms. The average Bonchev–Trinajstić information content (AvgIpc) is 2.81. The van der Waals surface area contributed by atoms with E-state index in [9.17, 15) is 8.42 Å². The Morgan fingerprint density at radius 1 is 1.24 bits per heavy atom. The summed E-state index contributed by atoms with van der Waals surface area (Å²) in [4.78, 5) is 0.187. The summed E-state index contributed by atoms with van der Waals surface area (Å²) in [5, 5.41) is 10.4. The smallest absolute Gasteiger partial charge is 0.263 e. The van der Waals surface area contributed by atoms with Crippen molar-refractivity contribution in [3.63, 3.8) is 0 Å². The lowest BCUT2D eigenvalue weighted by atomic mass is 10.3. The summed E-state index contributed by atoms with van der Waals surface area (Å²) in [6.07, 6.45) is 0. The van der Waals surface area contributed by atoms with Crippen molar-refractivity contribution in [3.8, 4) is 0 Å². The molecule has 2 aromatic rings. The minimum Gasteiger partial charge on any atom is -0.388 e. The van der Waals surface area contributed by atoms with Crippen LogP contribution in [0.4, 0.5) is 10.8 Å². The first-order valence-electron chi connectivity index (χ1n) is 4.68. The molecule has 8 heteroatoms. The summed E-state index contributed by atoms with van der Waals surface area (Å²) >= 11 is 1.13. The van der Waals surface area contributed by atoms with Crippen LogP contribution in [-0.4, -0.2) is 25.7 Å². The maximum atomic E-state index is 11.9. The van der Waals surface area contributed by atoms with Crippen molar-refractivity contribution in [2.24, 2.45) is 0 Å². The fourth-order valence-corrected chi connectivity index (χ4v) is 2.89. The molecule has 0 fully saturated rings. The van der Waals surface area contributed by atoms with Gasteiger partial charge < -0.3 is 5.32 Å². The van der Waals surface area contributed by atoms with Gasteiger partial charge in [-0.05, 0) is 24.3 Å². The van der Waals surface area contributed by atoms with Gasteiger partial charge in [0, 0.05) is 12.7 Å². The Labute approximate surface area is 103 Å². The molecule has 90 valence electrons. The molecule has 0 aliphatic carbocycles. The standard InChI is InChI=1S/C9H10N4O2S2/c1-10-7-2-4-8(5-3-7)17(14,15)13-9-12-11-6-16-9/h2-6,10H,1H3,(H,12,13). The monoisotopic (exact) mass is 270 g/mol. The van der Waals surface area contributed by atoms with Gasteiger partial charge in [0.05, 0.1) is 4.90 Å². The lowest BCUT2D eigenvalue weighted by Crippen LogP contribution is -2.12. The van der Waals surface area contributed by atoms with Gasteiger partial charge in [0.15, 0.2) is 0 Å².